The lowest BCUT2D eigenvalue weighted by Crippen LogP contribution is -2.13. The van der Waals surface area contributed by atoms with Crippen molar-refractivity contribution in [2.75, 3.05) is 11.9 Å². The molecule has 0 saturated carbocycles. The van der Waals surface area contributed by atoms with Crippen molar-refractivity contribution in [3.63, 3.8) is 0 Å². The summed E-state index contributed by atoms with van der Waals surface area (Å²) < 4.78 is 5.53. The Labute approximate surface area is 167 Å². The second-order valence-electron chi connectivity index (χ2n) is 5.95. The van der Waals surface area contributed by atoms with Gasteiger partial charge >= 0.3 is 0 Å². The minimum Gasteiger partial charge on any atom is -0.494 e. The molecule has 0 aliphatic rings. The molecular weight excluding hydrogens is 370 g/mol. The average Bonchev–Trinajstić information content (AvgIpc) is 3.20. The van der Waals surface area contributed by atoms with E-state index in [-0.39, 0.29) is 5.57 Å². The van der Waals surface area contributed by atoms with Crippen LogP contribution in [0.3, 0.4) is 0 Å². The first-order valence-electron chi connectivity index (χ1n) is 8.86. The Morgan fingerprint density at radius 3 is 2.64 bits per heavy atom. The Hall–Kier alpha value is -3.43. The number of carbonyl (C=O) groups excluding carboxylic acids is 1. The van der Waals surface area contributed by atoms with Crippen molar-refractivity contribution in [1.29, 1.82) is 5.26 Å². The standard InChI is InChI=1S/C22H19N3O2S/c1-2-12-27-19-10-8-16(9-11-19)13-18(14-23)21(26)25-22-24-20(15-28-22)17-6-4-3-5-7-17/h3-11,13,15H,2,12H2,1H3,(H,24,25,26). The lowest BCUT2D eigenvalue weighted by Gasteiger charge is -2.04. The number of rotatable bonds is 7. The average molecular weight is 389 g/mol. The second-order valence-corrected chi connectivity index (χ2v) is 6.80. The largest absolute Gasteiger partial charge is 0.494 e. The van der Waals surface area contributed by atoms with Gasteiger partial charge in [0, 0.05) is 10.9 Å². The monoisotopic (exact) mass is 389 g/mol. The predicted octanol–water partition coefficient (Wildman–Crippen LogP) is 5.14. The van der Waals surface area contributed by atoms with Crippen molar-refractivity contribution in [2.45, 2.75) is 13.3 Å². The van der Waals surface area contributed by atoms with E-state index < -0.39 is 5.91 Å². The summed E-state index contributed by atoms with van der Waals surface area (Å²) in [6.45, 7) is 2.69. The molecule has 0 aliphatic carbocycles. The van der Waals surface area contributed by atoms with Gasteiger partial charge in [-0.05, 0) is 30.2 Å². The summed E-state index contributed by atoms with van der Waals surface area (Å²) in [6, 6.07) is 18.9. The number of carbonyl (C=O) groups is 1. The van der Waals surface area contributed by atoms with Gasteiger partial charge in [0.2, 0.25) is 0 Å². The van der Waals surface area contributed by atoms with Gasteiger partial charge in [-0.3, -0.25) is 10.1 Å². The summed E-state index contributed by atoms with van der Waals surface area (Å²) >= 11 is 1.32. The van der Waals surface area contributed by atoms with Crippen LogP contribution < -0.4 is 10.1 Å². The summed E-state index contributed by atoms with van der Waals surface area (Å²) in [4.78, 5) is 16.9. The van der Waals surface area contributed by atoms with E-state index in [1.807, 2.05) is 73.0 Å². The number of aromatic nitrogens is 1. The number of nitriles is 1. The number of ether oxygens (including phenoxy) is 1. The fraction of sp³-hybridized carbons (Fsp3) is 0.136. The first-order valence-corrected chi connectivity index (χ1v) is 9.74. The van der Waals surface area contributed by atoms with Crippen LogP contribution in [0.5, 0.6) is 5.75 Å². The number of anilines is 1. The van der Waals surface area contributed by atoms with E-state index in [1.165, 1.54) is 11.3 Å². The number of amides is 1. The third-order valence-corrected chi connectivity index (χ3v) is 4.58. The van der Waals surface area contributed by atoms with Crippen LogP contribution in [0.25, 0.3) is 17.3 Å². The predicted molar refractivity (Wildman–Crippen MR) is 112 cm³/mol. The van der Waals surface area contributed by atoms with E-state index >= 15 is 0 Å². The summed E-state index contributed by atoms with van der Waals surface area (Å²) in [5, 5.41) is 14.4. The number of hydrogen-bond acceptors (Lipinski definition) is 5. The Kier molecular flexibility index (Phi) is 6.55. The fourth-order valence-corrected chi connectivity index (χ4v) is 3.15. The van der Waals surface area contributed by atoms with Crippen LogP contribution in [-0.4, -0.2) is 17.5 Å². The third kappa shape index (κ3) is 5.06. The van der Waals surface area contributed by atoms with Gasteiger partial charge in [0.15, 0.2) is 5.13 Å². The molecule has 0 atom stereocenters. The smallest absolute Gasteiger partial charge is 0.268 e. The van der Waals surface area contributed by atoms with Crippen molar-refractivity contribution in [3.8, 4) is 23.1 Å². The Morgan fingerprint density at radius 2 is 1.96 bits per heavy atom. The van der Waals surface area contributed by atoms with E-state index in [2.05, 4.69) is 10.3 Å². The minimum absolute atomic E-state index is 0.0127. The zero-order valence-electron chi connectivity index (χ0n) is 15.4. The molecule has 0 fully saturated rings. The van der Waals surface area contributed by atoms with E-state index in [9.17, 15) is 10.1 Å². The molecule has 1 aromatic heterocycles. The highest BCUT2D eigenvalue weighted by Gasteiger charge is 2.12. The quantitative estimate of drug-likeness (QED) is 0.448. The highest BCUT2D eigenvalue weighted by atomic mass is 32.1. The number of nitrogens with zero attached hydrogens (tertiary/aromatic N) is 2. The molecule has 6 heteroatoms. The normalized spacial score (nSPS) is 10.9. The topological polar surface area (TPSA) is 75.0 Å². The molecule has 1 amide bonds. The molecular formula is C22H19N3O2S. The Bertz CT molecular complexity index is 1000. The summed E-state index contributed by atoms with van der Waals surface area (Å²) in [7, 11) is 0. The van der Waals surface area contributed by atoms with Crippen molar-refractivity contribution >= 4 is 28.5 Å². The van der Waals surface area contributed by atoms with Crippen molar-refractivity contribution < 1.29 is 9.53 Å². The van der Waals surface area contributed by atoms with Crippen molar-refractivity contribution in [3.05, 3.63) is 71.1 Å². The molecule has 28 heavy (non-hydrogen) atoms. The van der Waals surface area contributed by atoms with Gasteiger partial charge in [0.1, 0.15) is 17.4 Å². The second kappa shape index (κ2) is 9.49. The van der Waals surface area contributed by atoms with E-state index in [0.29, 0.717) is 11.7 Å². The molecule has 1 N–H and O–H groups in total. The molecule has 140 valence electrons. The summed E-state index contributed by atoms with van der Waals surface area (Å²) in [5.74, 6) is 0.279. The number of benzene rings is 2. The number of nitrogens with one attached hydrogen (secondary N) is 1. The Balaban J connectivity index is 1.69. The molecule has 3 aromatic rings. The van der Waals surface area contributed by atoms with Gasteiger partial charge in [-0.15, -0.1) is 11.3 Å². The van der Waals surface area contributed by atoms with Gasteiger partial charge in [-0.25, -0.2) is 4.98 Å². The molecule has 5 nitrogen and oxygen atoms in total. The van der Waals surface area contributed by atoms with E-state index in [1.54, 1.807) is 6.08 Å². The van der Waals surface area contributed by atoms with E-state index in [4.69, 9.17) is 4.74 Å². The molecule has 1 heterocycles. The summed E-state index contributed by atoms with van der Waals surface area (Å²) in [6.07, 6.45) is 2.48. The first-order chi connectivity index (χ1) is 13.7. The molecule has 0 aliphatic heterocycles. The van der Waals surface area contributed by atoms with Crippen LogP contribution in [0.2, 0.25) is 0 Å². The Morgan fingerprint density at radius 1 is 1.21 bits per heavy atom. The fourth-order valence-electron chi connectivity index (χ4n) is 2.43. The zero-order valence-corrected chi connectivity index (χ0v) is 16.2. The highest BCUT2D eigenvalue weighted by molar-refractivity contribution is 7.14. The minimum atomic E-state index is -0.484. The molecule has 0 saturated heterocycles. The van der Waals surface area contributed by atoms with Crippen LogP contribution in [0.1, 0.15) is 18.9 Å². The lowest BCUT2D eigenvalue weighted by molar-refractivity contribution is -0.112. The van der Waals surface area contributed by atoms with Crippen LogP contribution in [-0.2, 0) is 4.79 Å². The lowest BCUT2D eigenvalue weighted by atomic mass is 10.1. The van der Waals surface area contributed by atoms with Gasteiger partial charge < -0.3 is 4.74 Å². The SMILES string of the molecule is CCCOc1ccc(C=C(C#N)C(=O)Nc2nc(-c3ccccc3)cs2)cc1. The maximum absolute atomic E-state index is 12.4. The first kappa shape index (κ1) is 19.3. The molecule has 0 unspecified atom stereocenters. The van der Waals surface area contributed by atoms with Crippen molar-refractivity contribution in [2.24, 2.45) is 0 Å². The molecule has 0 spiro atoms. The molecule has 2 aromatic carbocycles. The molecule has 0 radical (unpaired) electrons. The number of hydrogen-bond donors (Lipinski definition) is 1. The highest BCUT2D eigenvalue weighted by Crippen LogP contribution is 2.25. The number of thiazole rings is 1. The van der Waals surface area contributed by atoms with Crippen LogP contribution >= 0.6 is 11.3 Å². The van der Waals surface area contributed by atoms with Crippen molar-refractivity contribution in [1.82, 2.24) is 4.98 Å². The zero-order chi connectivity index (χ0) is 19.8. The molecule has 3 rings (SSSR count). The maximum Gasteiger partial charge on any atom is 0.268 e. The van der Waals surface area contributed by atoms with Crippen LogP contribution in [0.15, 0.2) is 65.6 Å². The van der Waals surface area contributed by atoms with Gasteiger partial charge in [0.25, 0.3) is 5.91 Å². The molecule has 0 bridgehead atoms. The summed E-state index contributed by atoms with van der Waals surface area (Å²) in [5.41, 5.74) is 2.52. The van der Waals surface area contributed by atoms with E-state index in [0.717, 1.165) is 29.0 Å². The van der Waals surface area contributed by atoms with Gasteiger partial charge in [0.05, 0.1) is 12.3 Å². The third-order valence-electron chi connectivity index (χ3n) is 3.82. The van der Waals surface area contributed by atoms with Crippen LogP contribution in [0, 0.1) is 11.3 Å². The van der Waals surface area contributed by atoms with Gasteiger partial charge in [-0.2, -0.15) is 5.26 Å². The van der Waals surface area contributed by atoms with Crippen LogP contribution in [0.4, 0.5) is 5.13 Å². The van der Waals surface area contributed by atoms with Gasteiger partial charge in [-0.1, -0.05) is 49.4 Å². The maximum atomic E-state index is 12.4.